The molecule has 1 amide bonds. The minimum atomic E-state index is -1.05. The zero-order valence-corrected chi connectivity index (χ0v) is 16.2. The first-order valence-electron chi connectivity index (χ1n) is 8.88. The number of hydrogen-bond acceptors (Lipinski definition) is 5. The molecule has 30 heavy (non-hydrogen) atoms. The lowest BCUT2D eigenvalue weighted by atomic mass is 9.90. The number of nitrogens with two attached hydrogens (primary N) is 1. The standard InChI is InChI=1S/C22H15ClN4O3/c23-17-9-13(20(25)28)3-7-16(17)22(15-5-1-12(11-24)2-6-15)26-18-8-4-14(21(29)30)10-19(18)27-22/h1-10,26-27H,(H2,25,28)(H,29,30). The summed E-state index contributed by atoms with van der Waals surface area (Å²) in [5.41, 5.74) is 7.80. The Hall–Kier alpha value is -4.02. The van der Waals surface area contributed by atoms with Crippen molar-refractivity contribution in [2.45, 2.75) is 5.66 Å². The molecule has 8 heteroatoms. The van der Waals surface area contributed by atoms with Crippen LogP contribution in [0.1, 0.15) is 37.4 Å². The smallest absolute Gasteiger partial charge is 0.335 e. The third kappa shape index (κ3) is 3.09. The molecule has 1 aliphatic heterocycles. The van der Waals surface area contributed by atoms with Crippen molar-refractivity contribution in [1.82, 2.24) is 0 Å². The number of nitrogens with zero attached hydrogens (tertiary/aromatic N) is 1. The van der Waals surface area contributed by atoms with Crippen LogP contribution in [0, 0.1) is 11.3 Å². The third-order valence-electron chi connectivity index (χ3n) is 5.02. The molecule has 0 saturated heterocycles. The summed E-state index contributed by atoms with van der Waals surface area (Å²) in [4.78, 5) is 22.9. The summed E-state index contributed by atoms with van der Waals surface area (Å²) in [6.07, 6.45) is 0. The number of nitriles is 1. The predicted molar refractivity (Wildman–Crippen MR) is 113 cm³/mol. The highest BCUT2D eigenvalue weighted by Gasteiger charge is 2.41. The molecule has 0 bridgehead atoms. The number of carbonyl (C=O) groups is 2. The highest BCUT2D eigenvalue weighted by Crippen LogP contribution is 2.46. The molecule has 0 spiro atoms. The number of carboxylic acid groups (broad SMARTS) is 1. The Morgan fingerprint density at radius 2 is 1.63 bits per heavy atom. The van der Waals surface area contributed by atoms with Gasteiger partial charge in [0.1, 0.15) is 0 Å². The Morgan fingerprint density at radius 1 is 0.967 bits per heavy atom. The fourth-order valence-electron chi connectivity index (χ4n) is 3.53. The van der Waals surface area contributed by atoms with Crippen LogP contribution >= 0.6 is 11.6 Å². The first-order chi connectivity index (χ1) is 14.3. The first-order valence-corrected chi connectivity index (χ1v) is 9.26. The van der Waals surface area contributed by atoms with Gasteiger partial charge in [-0.3, -0.25) is 4.79 Å². The van der Waals surface area contributed by atoms with Gasteiger partial charge in [0.15, 0.2) is 5.66 Å². The van der Waals surface area contributed by atoms with Gasteiger partial charge in [0.25, 0.3) is 0 Å². The predicted octanol–water partition coefficient (Wildman–Crippen LogP) is 3.75. The van der Waals surface area contributed by atoms with E-state index in [-0.39, 0.29) is 11.1 Å². The van der Waals surface area contributed by atoms with Crippen LogP contribution in [0.4, 0.5) is 11.4 Å². The molecule has 1 aliphatic rings. The van der Waals surface area contributed by atoms with Crippen molar-refractivity contribution in [3.8, 4) is 6.07 Å². The average Bonchev–Trinajstić information content (AvgIpc) is 3.13. The maximum atomic E-state index is 11.5. The average molecular weight is 419 g/mol. The van der Waals surface area contributed by atoms with Gasteiger partial charge in [-0.15, -0.1) is 0 Å². The number of halogens is 1. The van der Waals surface area contributed by atoms with Crippen molar-refractivity contribution in [3.05, 3.63) is 93.5 Å². The summed E-state index contributed by atoms with van der Waals surface area (Å²) in [6, 6.07) is 18.4. The van der Waals surface area contributed by atoms with Gasteiger partial charge < -0.3 is 21.5 Å². The maximum Gasteiger partial charge on any atom is 0.335 e. The van der Waals surface area contributed by atoms with E-state index in [0.29, 0.717) is 27.5 Å². The van der Waals surface area contributed by atoms with Crippen LogP contribution in [0.3, 0.4) is 0 Å². The number of fused-ring (bicyclic) bond motifs is 1. The number of amides is 1. The van der Waals surface area contributed by atoms with Gasteiger partial charge in [0.05, 0.1) is 28.6 Å². The summed E-state index contributed by atoms with van der Waals surface area (Å²) < 4.78 is 0. The lowest BCUT2D eigenvalue weighted by Crippen LogP contribution is -2.40. The van der Waals surface area contributed by atoms with Crippen molar-refractivity contribution >= 4 is 34.9 Å². The zero-order chi connectivity index (χ0) is 21.5. The molecule has 4 rings (SSSR count). The van der Waals surface area contributed by atoms with E-state index < -0.39 is 17.5 Å². The molecule has 1 unspecified atom stereocenters. The van der Waals surface area contributed by atoms with Gasteiger partial charge in [-0.05, 0) is 42.5 Å². The molecule has 0 aromatic heterocycles. The molecule has 1 atom stereocenters. The fraction of sp³-hybridized carbons (Fsp3) is 0.0455. The zero-order valence-electron chi connectivity index (χ0n) is 15.4. The number of carbonyl (C=O) groups excluding carboxylic acids is 1. The molecule has 0 aliphatic carbocycles. The Bertz CT molecular complexity index is 1230. The van der Waals surface area contributed by atoms with Crippen molar-refractivity contribution < 1.29 is 14.7 Å². The number of primary amides is 1. The topological polar surface area (TPSA) is 128 Å². The Kier molecular flexibility index (Phi) is 4.57. The van der Waals surface area contributed by atoms with E-state index in [1.54, 1.807) is 42.5 Å². The summed E-state index contributed by atoms with van der Waals surface area (Å²) >= 11 is 6.54. The number of hydrogen-bond donors (Lipinski definition) is 4. The van der Waals surface area contributed by atoms with Crippen molar-refractivity contribution in [1.29, 1.82) is 5.26 Å². The Labute approximate surface area is 176 Å². The summed E-state index contributed by atoms with van der Waals surface area (Å²) in [5.74, 6) is -1.64. The molecule has 148 valence electrons. The van der Waals surface area contributed by atoms with Crippen LogP contribution in [0.2, 0.25) is 5.02 Å². The van der Waals surface area contributed by atoms with E-state index in [0.717, 1.165) is 5.56 Å². The van der Waals surface area contributed by atoms with Crippen molar-refractivity contribution in [2.75, 3.05) is 10.6 Å². The van der Waals surface area contributed by atoms with E-state index in [9.17, 15) is 14.7 Å². The quantitative estimate of drug-likeness (QED) is 0.510. The van der Waals surface area contributed by atoms with Crippen LogP contribution in [0.5, 0.6) is 0 Å². The number of anilines is 2. The van der Waals surface area contributed by atoms with Gasteiger partial charge >= 0.3 is 5.97 Å². The van der Waals surface area contributed by atoms with E-state index >= 15 is 0 Å². The monoisotopic (exact) mass is 418 g/mol. The van der Waals surface area contributed by atoms with E-state index in [1.165, 1.54) is 18.2 Å². The van der Waals surface area contributed by atoms with Crippen molar-refractivity contribution in [3.63, 3.8) is 0 Å². The summed E-state index contributed by atoms with van der Waals surface area (Å²) in [7, 11) is 0. The van der Waals surface area contributed by atoms with Gasteiger partial charge in [-0.25, -0.2) is 4.79 Å². The van der Waals surface area contributed by atoms with Gasteiger partial charge in [-0.2, -0.15) is 5.26 Å². The van der Waals surface area contributed by atoms with E-state index in [4.69, 9.17) is 22.6 Å². The van der Waals surface area contributed by atoms with Crippen LogP contribution in [0.25, 0.3) is 0 Å². The normalized spacial score (nSPS) is 16.7. The number of nitrogens with one attached hydrogen (secondary N) is 2. The minimum Gasteiger partial charge on any atom is -0.478 e. The molecule has 0 radical (unpaired) electrons. The Morgan fingerprint density at radius 3 is 2.23 bits per heavy atom. The highest BCUT2D eigenvalue weighted by atomic mass is 35.5. The largest absolute Gasteiger partial charge is 0.478 e. The van der Waals surface area contributed by atoms with Crippen LogP contribution in [-0.2, 0) is 5.66 Å². The SMILES string of the molecule is N#Cc1ccc(C2(c3ccc(C(N)=O)cc3Cl)Nc3ccc(C(=O)O)cc3N2)cc1. The second-order valence-corrected chi connectivity index (χ2v) is 7.22. The minimum absolute atomic E-state index is 0.133. The second kappa shape index (κ2) is 7.10. The lowest BCUT2D eigenvalue weighted by Gasteiger charge is -2.33. The molecule has 3 aromatic carbocycles. The van der Waals surface area contributed by atoms with Gasteiger partial charge in [0.2, 0.25) is 5.91 Å². The number of carboxylic acids is 1. The number of benzene rings is 3. The number of rotatable bonds is 4. The molecule has 0 saturated carbocycles. The lowest BCUT2D eigenvalue weighted by molar-refractivity contribution is 0.0696. The van der Waals surface area contributed by atoms with Crippen LogP contribution in [0.15, 0.2) is 60.7 Å². The molecule has 7 nitrogen and oxygen atoms in total. The molecule has 5 N–H and O–H groups in total. The van der Waals surface area contributed by atoms with Crippen LogP contribution in [-0.4, -0.2) is 17.0 Å². The van der Waals surface area contributed by atoms with E-state index in [2.05, 4.69) is 16.7 Å². The fourth-order valence-corrected chi connectivity index (χ4v) is 3.85. The maximum absolute atomic E-state index is 11.5. The first kappa shape index (κ1) is 19.3. The molecular formula is C22H15ClN4O3. The van der Waals surface area contributed by atoms with Gasteiger partial charge in [-0.1, -0.05) is 29.8 Å². The molecule has 3 aromatic rings. The van der Waals surface area contributed by atoms with Gasteiger partial charge in [0, 0.05) is 21.7 Å². The van der Waals surface area contributed by atoms with Crippen LogP contribution < -0.4 is 16.4 Å². The molecular weight excluding hydrogens is 404 g/mol. The summed E-state index contributed by atoms with van der Waals surface area (Å²) in [5, 5.41) is 25.5. The summed E-state index contributed by atoms with van der Waals surface area (Å²) in [6.45, 7) is 0. The molecule has 1 heterocycles. The number of aromatic carboxylic acids is 1. The second-order valence-electron chi connectivity index (χ2n) is 6.81. The molecule has 0 fully saturated rings. The van der Waals surface area contributed by atoms with Crippen molar-refractivity contribution in [2.24, 2.45) is 5.73 Å². The highest BCUT2D eigenvalue weighted by molar-refractivity contribution is 6.32. The van der Waals surface area contributed by atoms with E-state index in [1.807, 2.05) is 0 Å². The Balaban J connectivity index is 1.90. The third-order valence-corrected chi connectivity index (χ3v) is 5.33.